The van der Waals surface area contributed by atoms with Crippen LogP contribution in [0.4, 0.5) is 0 Å². The fraction of sp³-hybridized carbons (Fsp3) is 0.824. The van der Waals surface area contributed by atoms with Gasteiger partial charge in [0.1, 0.15) is 0 Å². The Balaban J connectivity index is 2.19. The molecule has 0 saturated carbocycles. The third kappa shape index (κ3) is 5.84. The molecule has 0 aromatic rings. The molecule has 0 aliphatic heterocycles. The van der Waals surface area contributed by atoms with Crippen molar-refractivity contribution in [2.45, 2.75) is 84.5 Å². The van der Waals surface area contributed by atoms with Gasteiger partial charge in [-0.15, -0.1) is 0 Å². The highest BCUT2D eigenvalue weighted by atomic mass is 16.1. The predicted molar refractivity (Wildman–Crippen MR) is 78.7 cm³/mol. The molecule has 0 amide bonds. The molecule has 1 atom stereocenters. The summed E-state index contributed by atoms with van der Waals surface area (Å²) in [5, 5.41) is 0. The second kappa shape index (κ2) is 9.35. The number of carbonyl (C=O) groups excluding carboxylic acids is 1. The average molecular weight is 250 g/mol. The minimum absolute atomic E-state index is 0.437. The largest absolute Gasteiger partial charge is 0.295 e. The topological polar surface area (TPSA) is 17.1 Å². The molecule has 0 saturated heterocycles. The Labute approximate surface area is 113 Å². The summed E-state index contributed by atoms with van der Waals surface area (Å²) < 4.78 is 0. The molecule has 0 aromatic carbocycles. The molecule has 1 aliphatic carbocycles. The van der Waals surface area contributed by atoms with Crippen molar-refractivity contribution in [3.8, 4) is 0 Å². The molecule has 1 rings (SSSR count). The summed E-state index contributed by atoms with van der Waals surface area (Å²) in [5.74, 6) is 1.00. The summed E-state index contributed by atoms with van der Waals surface area (Å²) in [6.45, 7) is 4.47. The molecule has 1 unspecified atom stereocenters. The lowest BCUT2D eigenvalue weighted by molar-refractivity contribution is -0.115. The maximum atomic E-state index is 11.9. The lowest BCUT2D eigenvalue weighted by atomic mass is 10.0. The van der Waals surface area contributed by atoms with Crippen molar-refractivity contribution in [2.24, 2.45) is 5.92 Å². The maximum Gasteiger partial charge on any atom is 0.159 e. The van der Waals surface area contributed by atoms with Crippen molar-refractivity contribution in [3.05, 3.63) is 11.6 Å². The first-order chi connectivity index (χ1) is 8.77. The number of hydrogen-bond donors (Lipinski definition) is 0. The molecule has 1 heteroatoms. The van der Waals surface area contributed by atoms with Crippen molar-refractivity contribution in [3.63, 3.8) is 0 Å². The van der Waals surface area contributed by atoms with E-state index in [1.807, 2.05) is 0 Å². The van der Waals surface area contributed by atoms with Gasteiger partial charge < -0.3 is 0 Å². The molecule has 0 spiro atoms. The number of ketones is 1. The van der Waals surface area contributed by atoms with Gasteiger partial charge in [0.2, 0.25) is 0 Å². The normalized spacial score (nSPS) is 19.3. The molecule has 0 aromatic heterocycles. The zero-order valence-corrected chi connectivity index (χ0v) is 12.3. The van der Waals surface area contributed by atoms with Crippen LogP contribution < -0.4 is 0 Å². The van der Waals surface area contributed by atoms with Crippen molar-refractivity contribution in [1.29, 1.82) is 0 Å². The highest BCUT2D eigenvalue weighted by molar-refractivity contribution is 5.97. The Morgan fingerprint density at radius 2 is 1.67 bits per heavy atom. The zero-order valence-electron chi connectivity index (χ0n) is 12.3. The summed E-state index contributed by atoms with van der Waals surface area (Å²) >= 11 is 0. The molecule has 0 fully saturated rings. The van der Waals surface area contributed by atoms with Crippen LogP contribution in [0.15, 0.2) is 11.6 Å². The molecular formula is C17H30O. The van der Waals surface area contributed by atoms with E-state index in [0.717, 1.165) is 18.4 Å². The van der Waals surface area contributed by atoms with Crippen LogP contribution >= 0.6 is 0 Å². The first-order valence-electron chi connectivity index (χ1n) is 8.01. The van der Waals surface area contributed by atoms with Crippen LogP contribution in [-0.4, -0.2) is 5.78 Å². The fourth-order valence-corrected chi connectivity index (χ4v) is 2.79. The molecule has 0 radical (unpaired) electrons. The Kier molecular flexibility index (Phi) is 8.04. The summed E-state index contributed by atoms with van der Waals surface area (Å²) in [7, 11) is 0. The standard InChI is InChI=1S/C17H30O/c1-3-5-7-9-11-15-13-16(17(18)14-15)12-10-8-6-4-2/h13,15H,3-12,14H2,1-2H3. The minimum atomic E-state index is 0.437. The van der Waals surface area contributed by atoms with Crippen LogP contribution in [0, 0.1) is 5.92 Å². The quantitative estimate of drug-likeness (QED) is 0.472. The van der Waals surface area contributed by atoms with Gasteiger partial charge in [-0.3, -0.25) is 4.79 Å². The van der Waals surface area contributed by atoms with Crippen LogP contribution in [0.2, 0.25) is 0 Å². The summed E-state index contributed by atoms with van der Waals surface area (Å²) in [6.07, 6.45) is 15.7. The second-order valence-corrected chi connectivity index (χ2v) is 5.74. The Hall–Kier alpha value is -0.590. The maximum absolute atomic E-state index is 11.9. The molecule has 104 valence electrons. The molecule has 0 bridgehead atoms. The van der Waals surface area contributed by atoms with Gasteiger partial charge in [-0.1, -0.05) is 64.9 Å². The molecule has 1 nitrogen and oxygen atoms in total. The number of rotatable bonds is 10. The van der Waals surface area contributed by atoms with E-state index in [-0.39, 0.29) is 0 Å². The summed E-state index contributed by atoms with van der Waals surface area (Å²) in [6, 6.07) is 0. The molecular weight excluding hydrogens is 220 g/mol. The van der Waals surface area contributed by atoms with Gasteiger partial charge in [-0.2, -0.15) is 0 Å². The average Bonchev–Trinajstić information content (AvgIpc) is 2.71. The highest BCUT2D eigenvalue weighted by Gasteiger charge is 2.22. The lowest BCUT2D eigenvalue weighted by Crippen LogP contribution is -1.99. The second-order valence-electron chi connectivity index (χ2n) is 5.74. The van der Waals surface area contributed by atoms with E-state index in [1.165, 1.54) is 57.8 Å². The Morgan fingerprint density at radius 3 is 2.33 bits per heavy atom. The number of allylic oxidation sites excluding steroid dienone is 2. The lowest BCUT2D eigenvalue weighted by Gasteiger charge is -2.04. The van der Waals surface area contributed by atoms with Gasteiger partial charge in [0.15, 0.2) is 5.78 Å². The van der Waals surface area contributed by atoms with Gasteiger partial charge in [0, 0.05) is 6.42 Å². The van der Waals surface area contributed by atoms with Gasteiger partial charge in [-0.25, -0.2) is 0 Å². The van der Waals surface area contributed by atoms with E-state index < -0.39 is 0 Å². The van der Waals surface area contributed by atoms with E-state index in [2.05, 4.69) is 19.9 Å². The van der Waals surface area contributed by atoms with Crippen LogP contribution in [0.1, 0.15) is 84.5 Å². The van der Waals surface area contributed by atoms with E-state index in [4.69, 9.17) is 0 Å². The highest BCUT2D eigenvalue weighted by Crippen LogP contribution is 2.28. The minimum Gasteiger partial charge on any atom is -0.295 e. The van der Waals surface area contributed by atoms with E-state index >= 15 is 0 Å². The summed E-state index contributed by atoms with van der Waals surface area (Å²) in [5.41, 5.74) is 1.14. The van der Waals surface area contributed by atoms with Crippen LogP contribution in [0.25, 0.3) is 0 Å². The number of Topliss-reactive ketones (excluding diaryl/α,β-unsaturated/α-hetero) is 1. The monoisotopic (exact) mass is 250 g/mol. The van der Waals surface area contributed by atoms with Crippen molar-refractivity contribution < 1.29 is 4.79 Å². The Morgan fingerprint density at radius 1 is 1.00 bits per heavy atom. The number of unbranched alkanes of at least 4 members (excludes halogenated alkanes) is 6. The van der Waals surface area contributed by atoms with Crippen LogP contribution in [0.5, 0.6) is 0 Å². The van der Waals surface area contributed by atoms with Gasteiger partial charge in [0.05, 0.1) is 0 Å². The third-order valence-corrected chi connectivity index (χ3v) is 3.97. The molecule has 18 heavy (non-hydrogen) atoms. The number of carbonyl (C=O) groups is 1. The molecule has 0 heterocycles. The van der Waals surface area contributed by atoms with E-state index in [9.17, 15) is 4.79 Å². The molecule has 1 aliphatic rings. The first-order valence-corrected chi connectivity index (χ1v) is 8.01. The summed E-state index contributed by atoms with van der Waals surface area (Å²) in [4.78, 5) is 11.9. The number of hydrogen-bond acceptors (Lipinski definition) is 1. The van der Waals surface area contributed by atoms with Crippen molar-refractivity contribution >= 4 is 5.78 Å². The van der Waals surface area contributed by atoms with Crippen LogP contribution in [-0.2, 0) is 4.79 Å². The zero-order chi connectivity index (χ0) is 13.2. The third-order valence-electron chi connectivity index (χ3n) is 3.97. The van der Waals surface area contributed by atoms with E-state index in [0.29, 0.717) is 11.7 Å². The van der Waals surface area contributed by atoms with Crippen molar-refractivity contribution in [2.75, 3.05) is 0 Å². The fourth-order valence-electron chi connectivity index (χ4n) is 2.79. The van der Waals surface area contributed by atoms with Gasteiger partial charge in [0.25, 0.3) is 0 Å². The predicted octanol–water partition coefficient (Wildman–Crippen LogP) is 5.44. The van der Waals surface area contributed by atoms with Crippen molar-refractivity contribution in [1.82, 2.24) is 0 Å². The first kappa shape index (κ1) is 15.5. The van der Waals surface area contributed by atoms with E-state index in [1.54, 1.807) is 0 Å². The SMILES string of the molecule is CCCCCCC1=CC(CCCCCC)CC1=O. The van der Waals surface area contributed by atoms with Crippen LogP contribution in [0.3, 0.4) is 0 Å². The Bertz CT molecular complexity index is 265. The molecule has 0 N–H and O–H groups in total. The smallest absolute Gasteiger partial charge is 0.159 e. The van der Waals surface area contributed by atoms with Gasteiger partial charge in [-0.05, 0) is 30.8 Å². The van der Waals surface area contributed by atoms with Gasteiger partial charge >= 0.3 is 0 Å².